The van der Waals surface area contributed by atoms with E-state index in [0.717, 1.165) is 25.3 Å². The van der Waals surface area contributed by atoms with E-state index in [2.05, 4.69) is 13.5 Å². The minimum Gasteiger partial charge on any atom is -0.208 e. The average Bonchev–Trinajstić information content (AvgIpc) is 2.74. The highest BCUT2D eigenvalue weighted by atomic mass is 19.2. The lowest BCUT2D eigenvalue weighted by molar-refractivity contribution is 0.268. The molecular formula is C24H25F5. The van der Waals surface area contributed by atoms with Gasteiger partial charge in [-0.3, -0.25) is 0 Å². The molecule has 29 heavy (non-hydrogen) atoms. The van der Waals surface area contributed by atoms with Crippen molar-refractivity contribution in [2.75, 3.05) is 0 Å². The van der Waals surface area contributed by atoms with Gasteiger partial charge in [-0.25, -0.2) is 22.0 Å². The van der Waals surface area contributed by atoms with Crippen LogP contribution in [0.4, 0.5) is 22.0 Å². The molecule has 0 nitrogen and oxygen atoms in total. The van der Waals surface area contributed by atoms with Gasteiger partial charge in [-0.05, 0) is 61.5 Å². The molecule has 1 fully saturated rings. The van der Waals surface area contributed by atoms with Crippen molar-refractivity contribution in [2.45, 2.75) is 51.9 Å². The fourth-order valence-electron chi connectivity index (χ4n) is 4.17. The Balaban J connectivity index is 2.01. The zero-order chi connectivity index (χ0) is 21.1. The third-order valence-corrected chi connectivity index (χ3v) is 6.05. The van der Waals surface area contributed by atoms with Gasteiger partial charge in [-0.2, -0.15) is 0 Å². The van der Waals surface area contributed by atoms with E-state index in [-0.39, 0.29) is 17.4 Å². The number of hydrogen-bond acceptors (Lipinski definition) is 0. The lowest BCUT2D eigenvalue weighted by atomic mass is 9.80. The van der Waals surface area contributed by atoms with Gasteiger partial charge < -0.3 is 0 Å². The van der Waals surface area contributed by atoms with Crippen LogP contribution in [-0.2, 0) is 6.42 Å². The molecule has 0 unspecified atom stereocenters. The molecule has 0 atom stereocenters. The second kappa shape index (κ2) is 9.10. The molecule has 0 heterocycles. The Hall–Kier alpha value is -2.17. The molecule has 0 spiro atoms. The second-order valence-corrected chi connectivity index (χ2v) is 7.80. The van der Waals surface area contributed by atoms with Crippen LogP contribution in [0.5, 0.6) is 0 Å². The van der Waals surface area contributed by atoms with E-state index >= 15 is 0 Å². The van der Waals surface area contributed by atoms with Crippen molar-refractivity contribution in [1.82, 2.24) is 0 Å². The van der Waals surface area contributed by atoms with Crippen molar-refractivity contribution in [1.29, 1.82) is 0 Å². The van der Waals surface area contributed by atoms with Crippen molar-refractivity contribution in [2.24, 2.45) is 11.8 Å². The van der Waals surface area contributed by atoms with E-state index in [1.165, 1.54) is 12.1 Å². The summed E-state index contributed by atoms with van der Waals surface area (Å²) in [4.78, 5) is 0. The Morgan fingerprint density at radius 1 is 1.03 bits per heavy atom. The zero-order valence-corrected chi connectivity index (χ0v) is 16.5. The van der Waals surface area contributed by atoms with Gasteiger partial charge in [0.15, 0.2) is 17.5 Å². The summed E-state index contributed by atoms with van der Waals surface area (Å²) >= 11 is 0. The van der Waals surface area contributed by atoms with Crippen LogP contribution in [0.1, 0.15) is 56.6 Å². The maximum Gasteiger partial charge on any atom is 0.170 e. The summed E-state index contributed by atoms with van der Waals surface area (Å²) in [5, 5.41) is -0.541. The Morgan fingerprint density at radius 2 is 1.72 bits per heavy atom. The zero-order valence-electron chi connectivity index (χ0n) is 16.5. The summed E-state index contributed by atoms with van der Waals surface area (Å²) in [6, 6.07) is 3.84. The number of hydrogen-bond donors (Lipinski definition) is 0. The van der Waals surface area contributed by atoms with Gasteiger partial charge in [0, 0.05) is 5.92 Å². The molecule has 0 aliphatic heterocycles. The van der Waals surface area contributed by atoms with E-state index in [1.807, 2.05) is 0 Å². The fourth-order valence-corrected chi connectivity index (χ4v) is 4.17. The summed E-state index contributed by atoms with van der Waals surface area (Å²) < 4.78 is 73.4. The predicted octanol–water partition coefficient (Wildman–Crippen LogP) is 8.20. The van der Waals surface area contributed by atoms with Gasteiger partial charge in [-0.1, -0.05) is 31.6 Å². The van der Waals surface area contributed by atoms with Crippen LogP contribution in [0, 0.1) is 29.3 Å². The highest BCUT2D eigenvalue weighted by Crippen LogP contribution is 2.40. The van der Waals surface area contributed by atoms with Crippen LogP contribution >= 0.6 is 0 Å². The molecule has 3 rings (SSSR count). The molecule has 156 valence electrons. The van der Waals surface area contributed by atoms with Gasteiger partial charge >= 0.3 is 0 Å². The minimum atomic E-state index is -1.56. The van der Waals surface area contributed by atoms with E-state index in [0.29, 0.717) is 25.2 Å². The highest BCUT2D eigenvalue weighted by molar-refractivity contribution is 5.88. The van der Waals surface area contributed by atoms with E-state index in [4.69, 9.17) is 0 Å². The third-order valence-electron chi connectivity index (χ3n) is 6.05. The monoisotopic (exact) mass is 408 g/mol. The van der Waals surface area contributed by atoms with Crippen molar-refractivity contribution < 1.29 is 22.0 Å². The molecule has 2 aromatic carbocycles. The van der Waals surface area contributed by atoms with Crippen LogP contribution in [0.25, 0.3) is 16.6 Å². The molecule has 1 saturated carbocycles. The Labute approximate surface area is 168 Å². The molecule has 1 aliphatic carbocycles. The standard InChI is InChI=1S/C24H25F5/c1-3-5-6-15-11-12-17-13-18(23(28)24(29)19(17)20(15)25)22(27)21(26)16-9-7-14(4-2)8-10-16/h3,11-14,16H,1,4-10H2,2H3. The Kier molecular flexibility index (Phi) is 6.76. The minimum absolute atomic E-state index is 0.00334. The number of fused-ring (bicyclic) bond motifs is 1. The van der Waals surface area contributed by atoms with Crippen LogP contribution in [0.2, 0.25) is 0 Å². The van der Waals surface area contributed by atoms with Crippen molar-refractivity contribution in [3.63, 3.8) is 0 Å². The van der Waals surface area contributed by atoms with Crippen molar-refractivity contribution in [3.05, 3.63) is 65.3 Å². The third kappa shape index (κ3) is 4.24. The maximum atomic E-state index is 14.8. The van der Waals surface area contributed by atoms with Crippen LogP contribution in [-0.4, -0.2) is 0 Å². The molecule has 0 radical (unpaired) electrons. The lowest BCUT2D eigenvalue weighted by Gasteiger charge is -2.27. The van der Waals surface area contributed by atoms with Crippen LogP contribution in [0.3, 0.4) is 0 Å². The van der Waals surface area contributed by atoms with Gasteiger partial charge in [0.1, 0.15) is 11.6 Å². The largest absolute Gasteiger partial charge is 0.208 e. The lowest BCUT2D eigenvalue weighted by Crippen LogP contribution is -2.15. The summed E-state index contributed by atoms with van der Waals surface area (Å²) in [7, 11) is 0. The van der Waals surface area contributed by atoms with E-state index in [1.54, 1.807) is 6.08 Å². The first-order valence-corrected chi connectivity index (χ1v) is 10.1. The Bertz CT molecular complexity index is 936. The summed E-state index contributed by atoms with van der Waals surface area (Å²) in [6.07, 6.45) is 5.90. The number of halogens is 5. The van der Waals surface area contributed by atoms with Gasteiger partial charge in [0.2, 0.25) is 0 Å². The fraction of sp³-hybridized carbons (Fsp3) is 0.417. The second-order valence-electron chi connectivity index (χ2n) is 7.80. The van der Waals surface area contributed by atoms with Gasteiger partial charge in [-0.15, -0.1) is 6.58 Å². The van der Waals surface area contributed by atoms with Gasteiger partial charge in [0.25, 0.3) is 0 Å². The molecule has 5 heteroatoms. The molecular weight excluding hydrogens is 383 g/mol. The molecule has 0 bridgehead atoms. The summed E-state index contributed by atoms with van der Waals surface area (Å²) in [5.74, 6) is -6.50. The van der Waals surface area contributed by atoms with Crippen LogP contribution in [0.15, 0.2) is 36.7 Å². The van der Waals surface area contributed by atoms with Crippen molar-refractivity contribution >= 4 is 16.6 Å². The number of allylic oxidation sites excluding steroid dienone is 2. The molecule has 0 aromatic heterocycles. The molecule has 0 N–H and O–H groups in total. The number of benzene rings is 2. The summed E-state index contributed by atoms with van der Waals surface area (Å²) in [5.41, 5.74) is -0.568. The summed E-state index contributed by atoms with van der Waals surface area (Å²) in [6.45, 7) is 5.62. The van der Waals surface area contributed by atoms with Crippen LogP contribution < -0.4 is 0 Å². The van der Waals surface area contributed by atoms with Crippen molar-refractivity contribution in [3.8, 4) is 0 Å². The quantitative estimate of drug-likeness (QED) is 0.334. The highest BCUT2D eigenvalue weighted by Gasteiger charge is 2.28. The number of aryl methyl sites for hydroxylation is 1. The van der Waals surface area contributed by atoms with Gasteiger partial charge in [0.05, 0.1) is 10.9 Å². The molecule has 2 aromatic rings. The first kappa shape index (κ1) is 21.5. The SMILES string of the molecule is C=CCCc1ccc2cc(C(F)=C(F)C3CCC(CC)CC3)c(F)c(F)c2c1F. The first-order chi connectivity index (χ1) is 13.9. The average molecular weight is 408 g/mol. The number of rotatable bonds is 6. The van der Waals surface area contributed by atoms with E-state index in [9.17, 15) is 22.0 Å². The normalized spacial score (nSPS) is 20.6. The smallest absolute Gasteiger partial charge is 0.170 e. The maximum absolute atomic E-state index is 14.8. The Morgan fingerprint density at radius 3 is 2.34 bits per heavy atom. The predicted molar refractivity (Wildman–Crippen MR) is 107 cm³/mol. The van der Waals surface area contributed by atoms with E-state index < -0.39 is 46.0 Å². The topological polar surface area (TPSA) is 0 Å². The first-order valence-electron chi connectivity index (χ1n) is 10.1. The molecule has 1 aliphatic rings. The molecule has 0 saturated heterocycles. The molecule has 0 amide bonds.